The summed E-state index contributed by atoms with van der Waals surface area (Å²) in [7, 11) is 0. The molecule has 1 aromatic heterocycles. The van der Waals surface area contributed by atoms with Crippen molar-refractivity contribution in [2.75, 3.05) is 6.61 Å². The molecule has 0 fully saturated rings. The van der Waals surface area contributed by atoms with Gasteiger partial charge in [-0.25, -0.2) is 14.2 Å². The van der Waals surface area contributed by atoms with Crippen LogP contribution in [0.5, 0.6) is 5.75 Å². The lowest BCUT2D eigenvalue weighted by molar-refractivity contribution is -0.139. The van der Waals surface area contributed by atoms with Crippen LogP contribution in [0.25, 0.3) is 6.08 Å². The molecule has 0 amide bonds. The molecule has 0 bridgehead atoms. The number of carbonyl (C=O) groups excluding carboxylic acids is 1. The Morgan fingerprint density at radius 2 is 1.95 bits per heavy atom. The maximum Gasteiger partial charge on any atom is 0.338 e. The highest BCUT2D eigenvalue weighted by molar-refractivity contribution is 7.07. The minimum atomic E-state index is -0.856. The number of hydrogen-bond acceptors (Lipinski definition) is 7. The molecule has 2 heterocycles. The Labute approximate surface area is 243 Å². The van der Waals surface area contributed by atoms with E-state index in [0.717, 1.165) is 16.9 Å². The van der Waals surface area contributed by atoms with Gasteiger partial charge in [0.05, 0.1) is 40.1 Å². The minimum Gasteiger partial charge on any atom is -0.488 e. The fourth-order valence-electron chi connectivity index (χ4n) is 4.57. The largest absolute Gasteiger partial charge is 0.488 e. The van der Waals surface area contributed by atoms with Crippen LogP contribution >= 0.6 is 22.9 Å². The van der Waals surface area contributed by atoms with Crippen LogP contribution in [0.4, 0.5) is 4.39 Å². The van der Waals surface area contributed by atoms with Gasteiger partial charge < -0.3 is 9.47 Å². The zero-order valence-corrected chi connectivity index (χ0v) is 23.6. The fraction of sp³-hybridized carbons (Fsp3) is 0.161. The third-order valence-corrected chi connectivity index (χ3v) is 7.70. The Morgan fingerprint density at radius 1 is 1.20 bits per heavy atom. The van der Waals surface area contributed by atoms with Crippen LogP contribution in [0.3, 0.4) is 0 Å². The molecular weight excluding hydrogens is 565 g/mol. The number of allylic oxidation sites excluding steroid dienone is 1. The van der Waals surface area contributed by atoms with E-state index >= 15 is 0 Å². The molecule has 7 nitrogen and oxygen atoms in total. The van der Waals surface area contributed by atoms with Crippen molar-refractivity contribution in [3.8, 4) is 11.8 Å². The zero-order valence-electron chi connectivity index (χ0n) is 22.1. The number of fused-ring (bicyclic) bond motifs is 1. The molecule has 0 aliphatic carbocycles. The molecule has 0 spiro atoms. The third-order valence-electron chi connectivity index (χ3n) is 6.48. The van der Waals surface area contributed by atoms with Crippen molar-refractivity contribution in [3.05, 3.63) is 131 Å². The van der Waals surface area contributed by atoms with Crippen LogP contribution in [-0.4, -0.2) is 17.1 Å². The summed E-state index contributed by atoms with van der Waals surface area (Å²) in [5.41, 5.74) is 2.55. The molecule has 0 radical (unpaired) electrons. The van der Waals surface area contributed by atoms with Crippen molar-refractivity contribution in [2.24, 2.45) is 4.99 Å². The lowest BCUT2D eigenvalue weighted by Crippen LogP contribution is -2.39. The van der Waals surface area contributed by atoms with Crippen LogP contribution in [0.15, 0.2) is 87.8 Å². The van der Waals surface area contributed by atoms with E-state index in [2.05, 4.69) is 11.1 Å². The van der Waals surface area contributed by atoms with Crippen LogP contribution in [0.1, 0.15) is 42.1 Å². The molecule has 4 aromatic rings. The Kier molecular flexibility index (Phi) is 8.15. The van der Waals surface area contributed by atoms with Gasteiger partial charge in [0.15, 0.2) is 4.80 Å². The van der Waals surface area contributed by atoms with Crippen molar-refractivity contribution in [1.82, 2.24) is 4.57 Å². The summed E-state index contributed by atoms with van der Waals surface area (Å²) in [5.74, 6) is -0.572. The van der Waals surface area contributed by atoms with Gasteiger partial charge in [0.1, 0.15) is 18.2 Å². The molecule has 1 aliphatic rings. The lowest BCUT2D eigenvalue weighted by atomic mass is 9.96. The van der Waals surface area contributed by atoms with Gasteiger partial charge in [-0.3, -0.25) is 9.36 Å². The molecule has 1 atom stereocenters. The molecule has 0 unspecified atom stereocenters. The van der Waals surface area contributed by atoms with Crippen LogP contribution < -0.4 is 19.6 Å². The molecule has 5 rings (SSSR count). The molecule has 41 heavy (non-hydrogen) atoms. The Morgan fingerprint density at radius 3 is 2.68 bits per heavy atom. The number of ether oxygens (including phenoxy) is 2. The molecule has 0 saturated heterocycles. The van der Waals surface area contributed by atoms with Crippen LogP contribution in [0.2, 0.25) is 5.02 Å². The van der Waals surface area contributed by atoms with Gasteiger partial charge >= 0.3 is 5.97 Å². The maximum atomic E-state index is 13.9. The second kappa shape index (κ2) is 11.9. The summed E-state index contributed by atoms with van der Waals surface area (Å²) < 4.78 is 26.9. The molecule has 10 heteroatoms. The topological polar surface area (TPSA) is 93.7 Å². The van der Waals surface area contributed by atoms with E-state index in [4.69, 9.17) is 21.1 Å². The second-order valence-corrected chi connectivity index (χ2v) is 10.5. The highest BCUT2D eigenvalue weighted by atomic mass is 35.5. The smallest absolute Gasteiger partial charge is 0.338 e. The molecule has 3 aromatic carbocycles. The van der Waals surface area contributed by atoms with E-state index in [-0.39, 0.29) is 18.8 Å². The van der Waals surface area contributed by atoms with Gasteiger partial charge in [-0.1, -0.05) is 53.3 Å². The van der Waals surface area contributed by atoms with E-state index < -0.39 is 23.4 Å². The van der Waals surface area contributed by atoms with Gasteiger partial charge in [-0.15, -0.1) is 0 Å². The average Bonchev–Trinajstić information content (AvgIpc) is 3.26. The Hall–Kier alpha value is -4.52. The summed E-state index contributed by atoms with van der Waals surface area (Å²) in [4.78, 5) is 31.8. The molecular formula is C31H23ClFN3O4S. The SMILES string of the molecule is CCOC(=O)C1=C(C)N=c2s/c(=C\c3cc(Cl)ccc3OCc3ccccc3C#N)c(=O)n2[C@@H]1c1ccc(F)cc1. The quantitative estimate of drug-likeness (QED) is 0.282. The monoisotopic (exact) mass is 587 g/mol. The standard InChI is InChI=1S/C31H23ClFN3O4S/c1-3-39-30(38)27-18(2)35-31-36(28(27)19-8-11-24(33)12-9-19)29(37)26(41-31)15-22-14-23(32)10-13-25(22)40-17-21-7-5-4-6-20(21)16-34/h4-15,28H,3,17H2,1-2H3/b26-15-/t28-/m1/s1. The highest BCUT2D eigenvalue weighted by Crippen LogP contribution is 2.31. The number of nitriles is 1. The van der Waals surface area contributed by atoms with E-state index in [1.165, 1.54) is 28.8 Å². The number of halogens is 2. The van der Waals surface area contributed by atoms with Crippen LogP contribution in [-0.2, 0) is 16.1 Å². The van der Waals surface area contributed by atoms with E-state index in [0.29, 0.717) is 42.5 Å². The fourth-order valence-corrected chi connectivity index (χ4v) is 5.79. The Bertz CT molecular complexity index is 1910. The first-order valence-electron chi connectivity index (χ1n) is 12.7. The summed E-state index contributed by atoms with van der Waals surface area (Å²) in [6, 6.07) is 19.1. The van der Waals surface area contributed by atoms with Crippen molar-refractivity contribution in [3.63, 3.8) is 0 Å². The van der Waals surface area contributed by atoms with Gasteiger partial charge in [0, 0.05) is 16.1 Å². The summed E-state index contributed by atoms with van der Waals surface area (Å²) in [6.07, 6.45) is 1.66. The molecule has 206 valence electrons. The van der Waals surface area contributed by atoms with E-state index in [1.54, 1.807) is 50.3 Å². The normalized spacial score (nSPS) is 14.7. The maximum absolute atomic E-state index is 13.9. The molecule has 0 N–H and O–H groups in total. The molecule has 0 saturated carbocycles. The Balaban J connectivity index is 1.62. The predicted octanol–water partition coefficient (Wildman–Crippen LogP) is 5.04. The number of rotatable bonds is 7. The van der Waals surface area contributed by atoms with Crippen molar-refractivity contribution in [1.29, 1.82) is 5.26 Å². The first-order chi connectivity index (χ1) is 19.8. The van der Waals surface area contributed by atoms with Crippen molar-refractivity contribution < 1.29 is 18.7 Å². The van der Waals surface area contributed by atoms with Gasteiger partial charge in [-0.2, -0.15) is 5.26 Å². The summed E-state index contributed by atoms with van der Waals surface area (Å²) in [5, 5.41) is 9.85. The predicted molar refractivity (Wildman–Crippen MR) is 154 cm³/mol. The highest BCUT2D eigenvalue weighted by Gasteiger charge is 2.33. The summed E-state index contributed by atoms with van der Waals surface area (Å²) >= 11 is 7.45. The third kappa shape index (κ3) is 5.71. The van der Waals surface area contributed by atoms with E-state index in [9.17, 15) is 19.2 Å². The number of benzene rings is 3. The van der Waals surface area contributed by atoms with Crippen molar-refractivity contribution in [2.45, 2.75) is 26.5 Å². The first-order valence-corrected chi connectivity index (χ1v) is 13.9. The number of hydrogen-bond donors (Lipinski definition) is 0. The van der Waals surface area contributed by atoms with Crippen LogP contribution in [0, 0.1) is 17.1 Å². The number of thiazole rings is 1. The minimum absolute atomic E-state index is 0.139. The molecule has 1 aliphatic heterocycles. The number of nitrogens with zero attached hydrogens (tertiary/aromatic N) is 3. The average molecular weight is 588 g/mol. The van der Waals surface area contributed by atoms with Gasteiger partial charge in [0.2, 0.25) is 0 Å². The van der Waals surface area contributed by atoms with Gasteiger partial charge in [-0.05, 0) is 61.9 Å². The number of carbonyl (C=O) groups is 1. The first kappa shape index (κ1) is 28.0. The van der Waals surface area contributed by atoms with Crippen molar-refractivity contribution >= 4 is 35.0 Å². The zero-order chi connectivity index (χ0) is 29.1. The van der Waals surface area contributed by atoms with E-state index in [1.807, 2.05) is 12.1 Å². The van der Waals surface area contributed by atoms with Gasteiger partial charge in [0.25, 0.3) is 5.56 Å². The number of esters is 1. The lowest BCUT2D eigenvalue weighted by Gasteiger charge is -2.24. The summed E-state index contributed by atoms with van der Waals surface area (Å²) in [6.45, 7) is 3.66. The number of aromatic nitrogens is 1. The second-order valence-electron chi connectivity index (χ2n) is 9.09.